The van der Waals surface area contributed by atoms with Crippen LogP contribution in [0.1, 0.15) is 51.0 Å². The van der Waals surface area contributed by atoms with Crippen LogP contribution in [0.25, 0.3) is 0 Å². The molecule has 0 atom stereocenters. The minimum atomic E-state index is -0.348. The lowest BCUT2D eigenvalue weighted by molar-refractivity contribution is -0.384. The largest absolute Gasteiger partial charge is 0.358 e. The molecule has 2 fully saturated rings. The van der Waals surface area contributed by atoms with Crippen LogP contribution in [0.2, 0.25) is 0 Å². The van der Waals surface area contributed by atoms with E-state index < -0.39 is 0 Å². The number of nitro benzene ring substituents is 1. The Labute approximate surface area is 134 Å². The molecule has 0 aromatic heterocycles. The summed E-state index contributed by atoms with van der Waals surface area (Å²) in [4.78, 5) is 15.4. The number of nitrogens with zero attached hydrogens (tertiary/aromatic N) is 2. The average molecular weight is 319 g/mol. The molecule has 1 saturated heterocycles. The molecule has 0 amide bonds. The van der Waals surface area contributed by atoms with Crippen molar-refractivity contribution in [3.05, 3.63) is 33.9 Å². The van der Waals surface area contributed by atoms with E-state index >= 15 is 0 Å². The number of amidine groups is 1. The fraction of sp³-hybridized carbons (Fsp3) is 0.562. The van der Waals surface area contributed by atoms with Gasteiger partial charge in [0.05, 0.1) is 10.6 Å². The Morgan fingerprint density at radius 2 is 2.09 bits per heavy atom. The molecule has 1 N–H and O–H groups in total. The van der Waals surface area contributed by atoms with Gasteiger partial charge < -0.3 is 5.32 Å². The minimum Gasteiger partial charge on any atom is -0.358 e. The molecule has 3 rings (SSSR count). The Hall–Kier alpha value is -1.56. The number of aliphatic imine (C=N–C) groups is 1. The van der Waals surface area contributed by atoms with Crippen molar-refractivity contribution in [2.75, 3.05) is 5.75 Å². The molecule has 1 spiro atoms. The van der Waals surface area contributed by atoms with Crippen LogP contribution in [0.5, 0.6) is 0 Å². The molecule has 1 aromatic rings. The summed E-state index contributed by atoms with van der Waals surface area (Å²) in [5.74, 6) is 1.28. The van der Waals surface area contributed by atoms with Crippen molar-refractivity contribution in [2.24, 2.45) is 4.99 Å². The number of benzene rings is 1. The zero-order chi connectivity index (χ0) is 15.7. The summed E-state index contributed by atoms with van der Waals surface area (Å²) in [6.45, 7) is 4.08. The van der Waals surface area contributed by atoms with Gasteiger partial charge >= 0.3 is 0 Å². The smallest absolute Gasteiger partial charge is 0.269 e. The Morgan fingerprint density at radius 1 is 1.36 bits per heavy atom. The van der Waals surface area contributed by atoms with Gasteiger partial charge in [0.15, 0.2) is 5.17 Å². The molecule has 1 aliphatic heterocycles. The van der Waals surface area contributed by atoms with Crippen molar-refractivity contribution in [1.29, 1.82) is 0 Å². The summed E-state index contributed by atoms with van der Waals surface area (Å²) in [5.41, 5.74) is 2.14. The zero-order valence-corrected chi connectivity index (χ0v) is 13.8. The third kappa shape index (κ3) is 2.97. The second kappa shape index (κ2) is 5.91. The van der Waals surface area contributed by atoms with E-state index in [9.17, 15) is 10.1 Å². The number of nitro groups is 1. The third-order valence-electron chi connectivity index (χ3n) is 4.48. The first-order chi connectivity index (χ1) is 10.5. The van der Waals surface area contributed by atoms with Crippen LogP contribution in [0, 0.1) is 10.1 Å². The summed E-state index contributed by atoms with van der Waals surface area (Å²) in [6, 6.07) is 4.95. The summed E-state index contributed by atoms with van der Waals surface area (Å²) in [6.07, 6.45) is 5.01. The average Bonchev–Trinajstić information content (AvgIpc) is 3.09. The van der Waals surface area contributed by atoms with E-state index in [-0.39, 0.29) is 22.1 Å². The molecule has 1 saturated carbocycles. The molecule has 0 unspecified atom stereocenters. The number of non-ortho nitro benzene ring substituents is 1. The van der Waals surface area contributed by atoms with E-state index in [1.807, 2.05) is 13.8 Å². The molecule has 0 bridgehead atoms. The van der Waals surface area contributed by atoms with Crippen LogP contribution in [0.15, 0.2) is 23.2 Å². The van der Waals surface area contributed by atoms with E-state index in [4.69, 9.17) is 4.99 Å². The summed E-state index contributed by atoms with van der Waals surface area (Å²) >= 11 is 1.77. The van der Waals surface area contributed by atoms with Gasteiger partial charge in [-0.3, -0.25) is 10.1 Å². The molecule has 5 nitrogen and oxygen atoms in total. The number of rotatable bonds is 3. The lowest BCUT2D eigenvalue weighted by atomic mass is 10.0. The maximum Gasteiger partial charge on any atom is 0.269 e. The van der Waals surface area contributed by atoms with Crippen LogP contribution in [0.3, 0.4) is 0 Å². The SMILES string of the molecule is CC(C)c1cc([N+](=O)[O-])ccc1/N=C1\NC2(CCCC2)CS1. The van der Waals surface area contributed by atoms with Gasteiger partial charge in [-0.15, -0.1) is 0 Å². The standard InChI is InChI=1S/C16H21N3O2S/c1-11(2)13-9-12(19(20)21)5-6-14(13)17-15-18-16(10-22-15)7-3-4-8-16/h5-6,9,11H,3-4,7-8,10H2,1-2H3,(H,17,18). The monoisotopic (exact) mass is 319 g/mol. The van der Waals surface area contributed by atoms with Gasteiger partial charge in [-0.1, -0.05) is 38.5 Å². The molecule has 22 heavy (non-hydrogen) atoms. The van der Waals surface area contributed by atoms with Crippen molar-refractivity contribution in [2.45, 2.75) is 51.0 Å². The molecular formula is C16H21N3O2S. The Kier molecular flexibility index (Phi) is 4.12. The van der Waals surface area contributed by atoms with Crippen molar-refractivity contribution >= 4 is 28.3 Å². The highest BCUT2D eigenvalue weighted by Gasteiger charge is 2.39. The molecule has 0 radical (unpaired) electrons. The minimum absolute atomic E-state index is 0.131. The lowest BCUT2D eigenvalue weighted by Gasteiger charge is -2.21. The highest BCUT2D eigenvalue weighted by molar-refractivity contribution is 8.14. The molecule has 2 aliphatic rings. The Morgan fingerprint density at radius 3 is 2.73 bits per heavy atom. The van der Waals surface area contributed by atoms with Gasteiger partial charge in [0.2, 0.25) is 0 Å². The fourth-order valence-corrected chi connectivity index (χ4v) is 4.44. The van der Waals surface area contributed by atoms with Crippen molar-refractivity contribution < 1.29 is 4.92 Å². The van der Waals surface area contributed by atoms with Crippen LogP contribution in [0.4, 0.5) is 11.4 Å². The van der Waals surface area contributed by atoms with Crippen LogP contribution in [-0.4, -0.2) is 21.4 Å². The van der Waals surface area contributed by atoms with Gasteiger partial charge in [0.1, 0.15) is 0 Å². The highest BCUT2D eigenvalue weighted by Crippen LogP contribution is 2.39. The van der Waals surface area contributed by atoms with E-state index in [1.54, 1.807) is 23.9 Å². The molecule has 118 valence electrons. The molecule has 1 aromatic carbocycles. The van der Waals surface area contributed by atoms with Gasteiger partial charge in [-0.05, 0) is 30.4 Å². The first-order valence-electron chi connectivity index (χ1n) is 7.77. The van der Waals surface area contributed by atoms with Crippen molar-refractivity contribution in [1.82, 2.24) is 5.32 Å². The number of hydrogen-bond donors (Lipinski definition) is 1. The summed E-state index contributed by atoms with van der Waals surface area (Å²) in [7, 11) is 0. The Bertz CT molecular complexity index is 622. The third-order valence-corrected chi connectivity index (χ3v) is 5.65. The van der Waals surface area contributed by atoms with Crippen LogP contribution in [-0.2, 0) is 0 Å². The highest BCUT2D eigenvalue weighted by atomic mass is 32.2. The van der Waals surface area contributed by atoms with E-state index in [0.29, 0.717) is 0 Å². The molecule has 6 heteroatoms. The molecule has 1 aliphatic carbocycles. The molecular weight excluding hydrogens is 298 g/mol. The van der Waals surface area contributed by atoms with Crippen molar-refractivity contribution in [3.63, 3.8) is 0 Å². The van der Waals surface area contributed by atoms with Gasteiger partial charge in [-0.25, -0.2) is 4.99 Å². The fourth-order valence-electron chi connectivity index (χ4n) is 3.22. The van der Waals surface area contributed by atoms with Crippen LogP contribution >= 0.6 is 11.8 Å². The first-order valence-corrected chi connectivity index (χ1v) is 8.76. The van der Waals surface area contributed by atoms with Gasteiger partial charge in [0.25, 0.3) is 5.69 Å². The quantitative estimate of drug-likeness (QED) is 0.664. The Balaban J connectivity index is 1.88. The summed E-state index contributed by atoms with van der Waals surface area (Å²) in [5, 5.41) is 15.5. The topological polar surface area (TPSA) is 67.5 Å². The van der Waals surface area contributed by atoms with Crippen LogP contribution < -0.4 is 5.32 Å². The number of nitrogens with one attached hydrogen (secondary N) is 1. The maximum absolute atomic E-state index is 11.0. The zero-order valence-electron chi connectivity index (χ0n) is 13.0. The molecule has 1 heterocycles. The predicted octanol–water partition coefficient (Wildman–Crippen LogP) is 4.35. The number of thioether (sulfide) groups is 1. The normalized spacial score (nSPS) is 21.7. The second-order valence-corrected chi connectivity index (χ2v) is 7.44. The lowest BCUT2D eigenvalue weighted by Crippen LogP contribution is -2.40. The second-order valence-electron chi connectivity index (χ2n) is 6.47. The summed E-state index contributed by atoms with van der Waals surface area (Å²) < 4.78 is 0. The first kappa shape index (κ1) is 15.3. The maximum atomic E-state index is 11.0. The predicted molar refractivity (Wildman–Crippen MR) is 91.1 cm³/mol. The number of hydrogen-bond acceptors (Lipinski definition) is 4. The van der Waals surface area contributed by atoms with E-state index in [0.717, 1.165) is 22.2 Å². The van der Waals surface area contributed by atoms with Gasteiger partial charge in [-0.2, -0.15) is 0 Å². The van der Waals surface area contributed by atoms with Gasteiger partial charge in [0, 0.05) is 23.4 Å². The van der Waals surface area contributed by atoms with E-state index in [1.165, 1.54) is 31.7 Å². The van der Waals surface area contributed by atoms with E-state index in [2.05, 4.69) is 5.32 Å². The van der Waals surface area contributed by atoms with Crippen molar-refractivity contribution in [3.8, 4) is 0 Å².